The van der Waals surface area contributed by atoms with Crippen LogP contribution in [0.2, 0.25) is 0 Å². The van der Waals surface area contributed by atoms with Gasteiger partial charge in [-0.25, -0.2) is 5.01 Å². The highest BCUT2D eigenvalue weighted by Gasteiger charge is 2.34. The van der Waals surface area contributed by atoms with Crippen LogP contribution in [-0.4, -0.2) is 85.4 Å². The largest absolute Gasteiger partial charge is 0.497 e. The number of carbonyl (C=O) groups is 2. The molecule has 1 atom stereocenters. The highest BCUT2D eigenvalue weighted by atomic mass is 16.5. The minimum Gasteiger partial charge on any atom is -0.497 e. The Bertz CT molecular complexity index is 1020. The lowest BCUT2D eigenvalue weighted by Gasteiger charge is -2.31. The number of hydrogen-bond acceptors (Lipinski definition) is 6. The highest BCUT2D eigenvalue weighted by Crippen LogP contribution is 2.33. The zero-order valence-electron chi connectivity index (χ0n) is 20.6. The van der Waals surface area contributed by atoms with E-state index < -0.39 is 0 Å². The van der Waals surface area contributed by atoms with Gasteiger partial charge in [-0.05, 0) is 35.4 Å². The van der Waals surface area contributed by atoms with E-state index in [1.165, 1.54) is 0 Å². The minimum absolute atomic E-state index is 0.0136. The van der Waals surface area contributed by atoms with E-state index in [0.29, 0.717) is 32.6 Å². The van der Waals surface area contributed by atoms with Gasteiger partial charge in [-0.15, -0.1) is 0 Å². The van der Waals surface area contributed by atoms with Gasteiger partial charge in [-0.2, -0.15) is 5.10 Å². The first kappa shape index (κ1) is 24.9. The highest BCUT2D eigenvalue weighted by molar-refractivity contribution is 6.03. The molecule has 2 aliphatic rings. The molecule has 8 heteroatoms. The van der Waals surface area contributed by atoms with Crippen LogP contribution in [-0.2, 0) is 14.3 Å². The number of amides is 2. The van der Waals surface area contributed by atoms with Crippen LogP contribution < -0.4 is 4.74 Å². The lowest BCUT2D eigenvalue weighted by atomic mass is 9.98. The van der Waals surface area contributed by atoms with Crippen molar-refractivity contribution in [1.29, 1.82) is 0 Å². The van der Waals surface area contributed by atoms with Crippen molar-refractivity contribution in [3.63, 3.8) is 0 Å². The van der Waals surface area contributed by atoms with Crippen LogP contribution >= 0.6 is 0 Å². The molecule has 0 bridgehead atoms. The Labute approximate surface area is 207 Å². The Morgan fingerprint density at radius 1 is 1.09 bits per heavy atom. The number of morpholine rings is 1. The normalized spacial score (nSPS) is 18.3. The summed E-state index contributed by atoms with van der Waals surface area (Å²) in [6.07, 6.45) is 0.969. The summed E-state index contributed by atoms with van der Waals surface area (Å²) in [6, 6.07) is 17.4. The number of hydrazone groups is 1. The van der Waals surface area contributed by atoms with E-state index in [4.69, 9.17) is 14.6 Å². The second-order valence-corrected chi connectivity index (χ2v) is 8.77. The van der Waals surface area contributed by atoms with Gasteiger partial charge in [0.2, 0.25) is 5.91 Å². The van der Waals surface area contributed by atoms with Crippen molar-refractivity contribution >= 4 is 17.5 Å². The summed E-state index contributed by atoms with van der Waals surface area (Å²) in [5, 5.41) is 6.32. The van der Waals surface area contributed by atoms with Crippen LogP contribution in [0.3, 0.4) is 0 Å². The average Bonchev–Trinajstić information content (AvgIpc) is 3.37. The Morgan fingerprint density at radius 3 is 2.46 bits per heavy atom. The van der Waals surface area contributed by atoms with Crippen molar-refractivity contribution in [2.45, 2.75) is 25.8 Å². The van der Waals surface area contributed by atoms with Crippen LogP contribution in [0, 0.1) is 0 Å². The minimum atomic E-state index is -0.210. The van der Waals surface area contributed by atoms with Gasteiger partial charge in [0.25, 0.3) is 5.91 Å². The summed E-state index contributed by atoms with van der Waals surface area (Å²) in [7, 11) is 1.64. The van der Waals surface area contributed by atoms with Gasteiger partial charge in [0, 0.05) is 39.0 Å². The SMILES string of the molecule is CCC(=O)N(CCN1CCOCC1)CC(=O)N1N=C(c2ccc(OC)cc2)C[C@@H]1c1ccccc1. The number of hydrogen-bond donors (Lipinski definition) is 0. The number of benzene rings is 2. The Balaban J connectivity index is 1.52. The molecule has 1 saturated heterocycles. The topological polar surface area (TPSA) is 74.7 Å². The predicted octanol–water partition coefficient (Wildman–Crippen LogP) is 2.94. The van der Waals surface area contributed by atoms with E-state index in [1.54, 1.807) is 17.0 Å². The maximum atomic E-state index is 13.6. The summed E-state index contributed by atoms with van der Waals surface area (Å²) in [5.41, 5.74) is 2.82. The van der Waals surface area contributed by atoms with E-state index in [1.807, 2.05) is 61.5 Å². The monoisotopic (exact) mass is 478 g/mol. The van der Waals surface area contributed by atoms with Gasteiger partial charge >= 0.3 is 0 Å². The van der Waals surface area contributed by atoms with Crippen LogP contribution in [0.5, 0.6) is 5.75 Å². The van der Waals surface area contributed by atoms with Crippen LogP contribution in [0.4, 0.5) is 0 Å². The zero-order chi connectivity index (χ0) is 24.6. The number of rotatable bonds is 9. The summed E-state index contributed by atoms with van der Waals surface area (Å²) >= 11 is 0. The summed E-state index contributed by atoms with van der Waals surface area (Å²) < 4.78 is 10.7. The van der Waals surface area contributed by atoms with Gasteiger partial charge in [0.1, 0.15) is 12.3 Å². The second kappa shape index (κ2) is 12.0. The van der Waals surface area contributed by atoms with E-state index in [0.717, 1.165) is 42.2 Å². The van der Waals surface area contributed by atoms with Crippen LogP contribution in [0.15, 0.2) is 59.7 Å². The molecule has 0 spiro atoms. The summed E-state index contributed by atoms with van der Waals surface area (Å²) in [4.78, 5) is 30.2. The van der Waals surface area contributed by atoms with E-state index >= 15 is 0 Å². The van der Waals surface area contributed by atoms with E-state index in [9.17, 15) is 9.59 Å². The molecular weight excluding hydrogens is 444 g/mol. The fourth-order valence-corrected chi connectivity index (χ4v) is 4.47. The molecule has 2 amide bonds. The molecule has 0 aliphatic carbocycles. The molecule has 2 heterocycles. The van der Waals surface area contributed by atoms with Crippen LogP contribution in [0.25, 0.3) is 0 Å². The molecular formula is C27H34N4O4. The third kappa shape index (κ3) is 6.26. The van der Waals surface area contributed by atoms with Gasteiger partial charge in [-0.3, -0.25) is 14.5 Å². The maximum absolute atomic E-state index is 13.6. The molecule has 2 aromatic carbocycles. The standard InChI is InChI=1S/C27H34N4O4/c1-3-26(32)30(14-13-29-15-17-35-18-16-29)20-27(33)31-25(22-7-5-4-6-8-22)19-24(28-31)21-9-11-23(34-2)12-10-21/h4-12,25H,3,13-20H2,1-2H3/t25-/m1/s1. The first-order valence-corrected chi connectivity index (χ1v) is 12.3. The van der Waals surface area contributed by atoms with Crippen molar-refractivity contribution in [2.75, 3.05) is 53.0 Å². The number of nitrogens with zero attached hydrogens (tertiary/aromatic N) is 4. The van der Waals surface area contributed by atoms with Gasteiger partial charge in [-0.1, -0.05) is 37.3 Å². The molecule has 0 radical (unpaired) electrons. The first-order valence-electron chi connectivity index (χ1n) is 12.3. The first-order chi connectivity index (χ1) is 17.1. The summed E-state index contributed by atoms with van der Waals surface area (Å²) in [5.74, 6) is 0.571. The van der Waals surface area contributed by atoms with Crippen molar-refractivity contribution in [3.8, 4) is 5.75 Å². The van der Waals surface area contributed by atoms with Crippen molar-refractivity contribution in [1.82, 2.24) is 14.8 Å². The number of carbonyl (C=O) groups excluding carboxylic acids is 2. The lowest BCUT2D eigenvalue weighted by molar-refractivity contribution is -0.141. The molecule has 0 N–H and O–H groups in total. The molecule has 35 heavy (non-hydrogen) atoms. The van der Waals surface area contributed by atoms with Crippen molar-refractivity contribution in [3.05, 3.63) is 65.7 Å². The lowest BCUT2D eigenvalue weighted by Crippen LogP contribution is -2.46. The molecule has 186 valence electrons. The fraction of sp³-hybridized carbons (Fsp3) is 0.444. The Hall–Kier alpha value is -3.23. The second-order valence-electron chi connectivity index (χ2n) is 8.77. The van der Waals surface area contributed by atoms with Gasteiger partial charge < -0.3 is 14.4 Å². The van der Waals surface area contributed by atoms with E-state index in [-0.39, 0.29) is 24.4 Å². The smallest absolute Gasteiger partial charge is 0.262 e. The van der Waals surface area contributed by atoms with Crippen LogP contribution in [0.1, 0.15) is 36.9 Å². The molecule has 0 unspecified atom stereocenters. The Kier molecular flexibility index (Phi) is 8.50. The zero-order valence-corrected chi connectivity index (χ0v) is 20.6. The molecule has 1 fully saturated rings. The quantitative estimate of drug-likeness (QED) is 0.554. The van der Waals surface area contributed by atoms with E-state index in [2.05, 4.69) is 4.90 Å². The third-order valence-electron chi connectivity index (χ3n) is 6.54. The molecule has 2 aliphatic heterocycles. The number of methoxy groups -OCH3 is 1. The summed E-state index contributed by atoms with van der Waals surface area (Å²) in [6.45, 7) is 6.19. The average molecular weight is 479 g/mol. The maximum Gasteiger partial charge on any atom is 0.262 e. The number of ether oxygens (including phenoxy) is 2. The Morgan fingerprint density at radius 2 is 1.80 bits per heavy atom. The van der Waals surface area contributed by atoms with Crippen molar-refractivity contribution < 1.29 is 19.1 Å². The molecule has 0 aromatic heterocycles. The molecule has 0 saturated carbocycles. The third-order valence-corrected chi connectivity index (χ3v) is 6.54. The molecule has 8 nitrogen and oxygen atoms in total. The van der Waals surface area contributed by atoms with Gasteiger partial charge in [0.15, 0.2) is 0 Å². The van der Waals surface area contributed by atoms with Crippen molar-refractivity contribution in [2.24, 2.45) is 5.10 Å². The molecule has 2 aromatic rings. The fourth-order valence-electron chi connectivity index (χ4n) is 4.47. The predicted molar refractivity (Wildman–Crippen MR) is 134 cm³/mol. The van der Waals surface area contributed by atoms with Gasteiger partial charge in [0.05, 0.1) is 32.1 Å². The molecule has 4 rings (SSSR count).